The second kappa shape index (κ2) is 15.0. The third-order valence-electron chi connectivity index (χ3n) is 6.90. The standard InChI is InChI=1S/C31H37N5O4S/c1-6-20(2)28(35-31(41-5)33-24-13-10-14-26(19-24)36(39)40)30(38)34-27(18-23-11-8-7-9-12-23)29(37)32-25-16-15-21(3)22(4)17-25/h7-17,19-20,27-28H,6,18H2,1-5H3,(H,32,37)(H,33,35)(H,34,38)/t20-,27+,28-/m0/s1. The van der Waals surface area contributed by atoms with Gasteiger partial charge in [-0.15, -0.1) is 0 Å². The van der Waals surface area contributed by atoms with Crippen molar-refractivity contribution in [3.05, 3.63) is 99.6 Å². The Bertz CT molecular complexity index is 1400. The molecule has 0 aliphatic rings. The number of nitrogens with zero attached hydrogens (tertiary/aromatic N) is 2. The molecule has 2 amide bonds. The van der Waals surface area contributed by atoms with Gasteiger partial charge in [0, 0.05) is 29.9 Å². The van der Waals surface area contributed by atoms with E-state index in [9.17, 15) is 19.7 Å². The SMILES string of the molecule is CC[C@H](C)[C@H](N=C(Nc1cccc([N+](=O)[O-])c1)SC)C(=O)N[C@H](Cc1ccccc1)C(=O)Nc1ccc(C)c(C)c1. The van der Waals surface area contributed by atoms with Crippen LogP contribution in [0.25, 0.3) is 0 Å². The number of benzene rings is 3. The van der Waals surface area contributed by atoms with Crippen molar-refractivity contribution in [3.63, 3.8) is 0 Å². The number of amidine groups is 1. The zero-order valence-corrected chi connectivity index (χ0v) is 24.8. The normalized spacial score (nSPS) is 13.5. The first-order valence-corrected chi connectivity index (χ1v) is 14.7. The second-order valence-electron chi connectivity index (χ2n) is 9.94. The number of rotatable bonds is 11. The zero-order chi connectivity index (χ0) is 29.9. The van der Waals surface area contributed by atoms with Crippen LogP contribution in [0.15, 0.2) is 77.8 Å². The summed E-state index contributed by atoms with van der Waals surface area (Å²) in [5, 5.41) is 20.6. The molecule has 0 saturated heterocycles. The summed E-state index contributed by atoms with van der Waals surface area (Å²) in [5.74, 6) is -0.829. The molecule has 0 unspecified atom stereocenters. The molecule has 3 N–H and O–H groups in total. The maximum atomic E-state index is 13.7. The number of aliphatic imine (C=N–C) groups is 1. The lowest BCUT2D eigenvalue weighted by molar-refractivity contribution is -0.384. The molecule has 3 rings (SSSR count). The van der Waals surface area contributed by atoms with E-state index in [2.05, 4.69) is 16.0 Å². The average molecular weight is 576 g/mol. The van der Waals surface area contributed by atoms with E-state index in [-0.39, 0.29) is 23.4 Å². The molecule has 0 radical (unpaired) electrons. The average Bonchev–Trinajstić information content (AvgIpc) is 2.96. The summed E-state index contributed by atoms with van der Waals surface area (Å²) in [4.78, 5) is 42.7. The van der Waals surface area contributed by atoms with Gasteiger partial charge in [-0.3, -0.25) is 19.7 Å². The van der Waals surface area contributed by atoms with Crippen LogP contribution in [0.2, 0.25) is 0 Å². The lowest BCUT2D eigenvalue weighted by Gasteiger charge is -2.24. The van der Waals surface area contributed by atoms with Crippen LogP contribution in [0.3, 0.4) is 0 Å². The molecule has 0 aromatic heterocycles. The molecule has 3 aromatic carbocycles. The fourth-order valence-electron chi connectivity index (χ4n) is 4.12. The van der Waals surface area contributed by atoms with Crippen molar-refractivity contribution in [2.45, 2.75) is 52.6 Å². The first-order chi connectivity index (χ1) is 19.6. The summed E-state index contributed by atoms with van der Waals surface area (Å²) in [6, 6.07) is 19.7. The van der Waals surface area contributed by atoms with Crippen molar-refractivity contribution >= 4 is 45.8 Å². The smallest absolute Gasteiger partial charge is 0.271 e. The Morgan fingerprint density at radius 2 is 1.63 bits per heavy atom. The van der Waals surface area contributed by atoms with E-state index < -0.39 is 17.0 Å². The van der Waals surface area contributed by atoms with Gasteiger partial charge in [-0.05, 0) is 60.9 Å². The van der Waals surface area contributed by atoms with Gasteiger partial charge in [0.1, 0.15) is 12.1 Å². The van der Waals surface area contributed by atoms with Crippen molar-refractivity contribution in [3.8, 4) is 0 Å². The fraction of sp³-hybridized carbons (Fsp3) is 0.323. The van der Waals surface area contributed by atoms with Gasteiger partial charge in [0.2, 0.25) is 11.8 Å². The van der Waals surface area contributed by atoms with Gasteiger partial charge in [-0.2, -0.15) is 0 Å². The number of hydrogen-bond donors (Lipinski definition) is 3. The van der Waals surface area contributed by atoms with Gasteiger partial charge in [-0.25, -0.2) is 4.99 Å². The van der Waals surface area contributed by atoms with Gasteiger partial charge in [0.15, 0.2) is 5.17 Å². The Labute approximate surface area is 245 Å². The number of hydrogen-bond acceptors (Lipinski definition) is 6. The van der Waals surface area contributed by atoms with Crippen LogP contribution in [0, 0.1) is 29.9 Å². The Balaban J connectivity index is 1.87. The predicted molar refractivity (Wildman–Crippen MR) is 168 cm³/mol. The Hall–Kier alpha value is -4.18. The third kappa shape index (κ3) is 9.18. The Kier molecular flexibility index (Phi) is 11.5. The van der Waals surface area contributed by atoms with Crippen molar-refractivity contribution in [1.29, 1.82) is 0 Å². The molecule has 0 fully saturated rings. The minimum Gasteiger partial charge on any atom is -0.342 e. The lowest BCUT2D eigenvalue weighted by atomic mass is 9.98. The predicted octanol–water partition coefficient (Wildman–Crippen LogP) is 6.12. The van der Waals surface area contributed by atoms with E-state index in [0.717, 1.165) is 16.7 Å². The van der Waals surface area contributed by atoms with E-state index in [4.69, 9.17) is 4.99 Å². The maximum absolute atomic E-state index is 13.7. The minimum atomic E-state index is -0.837. The van der Waals surface area contributed by atoms with Gasteiger partial charge in [0.25, 0.3) is 5.69 Å². The Morgan fingerprint density at radius 1 is 0.927 bits per heavy atom. The van der Waals surface area contributed by atoms with Crippen LogP contribution in [-0.4, -0.2) is 40.2 Å². The lowest BCUT2D eigenvalue weighted by Crippen LogP contribution is -2.49. The zero-order valence-electron chi connectivity index (χ0n) is 24.0. The third-order valence-corrected chi connectivity index (χ3v) is 7.49. The highest BCUT2D eigenvalue weighted by molar-refractivity contribution is 8.13. The molecular weight excluding hydrogens is 538 g/mol. The number of aryl methyl sites for hydroxylation is 2. The molecule has 0 bridgehead atoms. The quantitative estimate of drug-likeness (QED) is 0.109. The largest absolute Gasteiger partial charge is 0.342 e. The van der Waals surface area contributed by atoms with Crippen LogP contribution in [0.4, 0.5) is 17.1 Å². The molecule has 0 saturated carbocycles. The van der Waals surface area contributed by atoms with Crippen LogP contribution in [0.1, 0.15) is 37.0 Å². The van der Waals surface area contributed by atoms with Crippen LogP contribution in [0.5, 0.6) is 0 Å². The van der Waals surface area contributed by atoms with E-state index in [1.807, 2.05) is 82.5 Å². The number of amides is 2. The van der Waals surface area contributed by atoms with E-state index in [0.29, 0.717) is 29.4 Å². The first kappa shape index (κ1) is 31.3. The highest BCUT2D eigenvalue weighted by Gasteiger charge is 2.29. The summed E-state index contributed by atoms with van der Waals surface area (Å²) in [6.07, 6.45) is 2.80. The highest BCUT2D eigenvalue weighted by atomic mass is 32.2. The van der Waals surface area contributed by atoms with E-state index in [1.54, 1.807) is 12.1 Å². The minimum absolute atomic E-state index is 0.0507. The molecule has 0 aliphatic heterocycles. The van der Waals surface area contributed by atoms with Gasteiger partial charge < -0.3 is 16.0 Å². The molecule has 9 nitrogen and oxygen atoms in total. The van der Waals surface area contributed by atoms with Crippen molar-refractivity contribution < 1.29 is 14.5 Å². The molecule has 3 aromatic rings. The van der Waals surface area contributed by atoms with Gasteiger partial charge in [-0.1, -0.05) is 74.5 Å². The number of anilines is 2. The topological polar surface area (TPSA) is 126 Å². The van der Waals surface area contributed by atoms with Crippen molar-refractivity contribution in [2.75, 3.05) is 16.9 Å². The van der Waals surface area contributed by atoms with Crippen LogP contribution >= 0.6 is 11.8 Å². The van der Waals surface area contributed by atoms with E-state index >= 15 is 0 Å². The van der Waals surface area contributed by atoms with Gasteiger partial charge >= 0.3 is 0 Å². The summed E-state index contributed by atoms with van der Waals surface area (Å²) in [7, 11) is 0. The molecule has 0 aliphatic carbocycles. The molecule has 0 spiro atoms. The van der Waals surface area contributed by atoms with E-state index in [1.165, 1.54) is 23.9 Å². The molecule has 216 valence electrons. The summed E-state index contributed by atoms with van der Waals surface area (Å²) >= 11 is 1.29. The molecule has 0 heterocycles. The monoisotopic (exact) mass is 575 g/mol. The fourth-order valence-corrected chi connectivity index (χ4v) is 4.55. The van der Waals surface area contributed by atoms with Crippen molar-refractivity contribution in [2.24, 2.45) is 10.9 Å². The maximum Gasteiger partial charge on any atom is 0.271 e. The summed E-state index contributed by atoms with van der Waals surface area (Å²) in [6.45, 7) is 7.89. The molecule has 3 atom stereocenters. The molecule has 10 heteroatoms. The molecule has 41 heavy (non-hydrogen) atoms. The Morgan fingerprint density at radius 3 is 2.27 bits per heavy atom. The molecular formula is C31H37N5O4S. The van der Waals surface area contributed by atoms with Gasteiger partial charge in [0.05, 0.1) is 4.92 Å². The number of thioether (sulfide) groups is 1. The second-order valence-corrected chi connectivity index (χ2v) is 10.7. The number of carbonyl (C=O) groups excluding carboxylic acids is 2. The number of non-ortho nitro benzene ring substituents is 1. The first-order valence-electron chi connectivity index (χ1n) is 13.5. The summed E-state index contributed by atoms with van der Waals surface area (Å²) < 4.78 is 0. The summed E-state index contributed by atoms with van der Waals surface area (Å²) in [5.41, 5.74) is 4.19. The highest BCUT2D eigenvalue weighted by Crippen LogP contribution is 2.21. The number of nitro groups is 1. The van der Waals surface area contributed by atoms with Crippen molar-refractivity contribution in [1.82, 2.24) is 5.32 Å². The van der Waals surface area contributed by atoms with Crippen LogP contribution in [-0.2, 0) is 16.0 Å². The number of nitro benzene ring substituents is 1. The number of carbonyl (C=O) groups is 2. The number of nitrogens with one attached hydrogen (secondary N) is 3. The van der Waals surface area contributed by atoms with Crippen LogP contribution < -0.4 is 16.0 Å².